The lowest BCUT2D eigenvalue weighted by Gasteiger charge is -2.27. The highest BCUT2D eigenvalue weighted by Gasteiger charge is 2.35. The molecule has 47 heavy (non-hydrogen) atoms. The third-order valence-corrected chi connectivity index (χ3v) is 8.43. The molecule has 0 radical (unpaired) electrons. The monoisotopic (exact) mass is 684 g/mol. The molecular weight excluding hydrogens is 636 g/mol. The van der Waals surface area contributed by atoms with Crippen LogP contribution in [0.5, 0.6) is 0 Å². The molecule has 3 rings (SSSR count). The molecule has 3 atom stereocenters. The quantitative estimate of drug-likeness (QED) is 0.0731. The Morgan fingerprint density at radius 3 is 2.17 bits per heavy atom. The molecule has 1 aliphatic carbocycles. The average Bonchev–Trinajstić information content (AvgIpc) is 3.45. The highest BCUT2D eigenvalue weighted by Crippen LogP contribution is 2.29. The number of unbranched alkanes of at least 4 members (excludes halogenated alkanes) is 3. The van der Waals surface area contributed by atoms with E-state index in [1.54, 1.807) is 0 Å². The number of carbonyl (C=O) groups is 2. The number of ether oxygens (including phenoxy) is 4. The van der Waals surface area contributed by atoms with Gasteiger partial charge in [-0.15, -0.1) is 11.6 Å². The fourth-order valence-corrected chi connectivity index (χ4v) is 5.66. The van der Waals surface area contributed by atoms with E-state index in [0.29, 0.717) is 64.5 Å². The number of aliphatic hydroxyl groups excluding tert-OH is 2. The molecule has 1 aliphatic heterocycles. The number of aliphatic hydroxyl groups is 2. The molecule has 2 fully saturated rings. The Balaban J connectivity index is 1.22. The van der Waals surface area contributed by atoms with E-state index in [1.807, 2.05) is 0 Å². The van der Waals surface area contributed by atoms with Crippen LogP contribution in [0.15, 0.2) is 15.8 Å². The van der Waals surface area contributed by atoms with Gasteiger partial charge in [-0.25, -0.2) is 4.79 Å². The minimum Gasteiger partial charge on any atom is -0.394 e. The summed E-state index contributed by atoms with van der Waals surface area (Å²) in [6.45, 7) is 2.72. The smallest absolute Gasteiger partial charge is 0.330 e. The SMILES string of the molecule is O=C(NCCOCC#Cc1cn([C@H]2CC(O)[C@@H](CO)O2)c(=O)[nH]c1=O)C1CCC(C(=O)NCCOCCOCCCCCCCl)CC1. The van der Waals surface area contributed by atoms with Crippen LogP contribution in [0.1, 0.15) is 69.6 Å². The summed E-state index contributed by atoms with van der Waals surface area (Å²) in [5.41, 5.74) is -1.36. The van der Waals surface area contributed by atoms with Crippen molar-refractivity contribution in [2.24, 2.45) is 11.8 Å². The van der Waals surface area contributed by atoms with Crippen molar-refractivity contribution in [3.05, 3.63) is 32.6 Å². The highest BCUT2D eigenvalue weighted by atomic mass is 35.5. The van der Waals surface area contributed by atoms with E-state index in [-0.39, 0.29) is 48.8 Å². The van der Waals surface area contributed by atoms with Crippen LogP contribution in [-0.4, -0.2) is 109 Å². The molecule has 2 heterocycles. The maximum absolute atomic E-state index is 12.6. The third-order valence-electron chi connectivity index (χ3n) is 8.16. The summed E-state index contributed by atoms with van der Waals surface area (Å²) in [5.74, 6) is 5.75. The third kappa shape index (κ3) is 13.7. The lowest BCUT2D eigenvalue weighted by molar-refractivity contribution is -0.130. The zero-order valence-corrected chi connectivity index (χ0v) is 27.6. The molecule has 0 spiro atoms. The molecule has 2 amide bonds. The largest absolute Gasteiger partial charge is 0.394 e. The summed E-state index contributed by atoms with van der Waals surface area (Å²) >= 11 is 5.66. The summed E-state index contributed by atoms with van der Waals surface area (Å²) in [6.07, 6.45) is 5.63. The lowest BCUT2D eigenvalue weighted by Crippen LogP contribution is -2.39. The van der Waals surface area contributed by atoms with E-state index >= 15 is 0 Å². The molecular formula is C32H49ClN4O10. The summed E-state index contributed by atoms with van der Waals surface area (Å²) in [7, 11) is 0. The van der Waals surface area contributed by atoms with E-state index in [0.717, 1.165) is 36.9 Å². The molecule has 1 aromatic heterocycles. The van der Waals surface area contributed by atoms with Gasteiger partial charge in [0.2, 0.25) is 11.8 Å². The maximum Gasteiger partial charge on any atom is 0.330 e. The van der Waals surface area contributed by atoms with Crippen molar-refractivity contribution in [3.8, 4) is 11.8 Å². The van der Waals surface area contributed by atoms with Crippen molar-refractivity contribution in [1.29, 1.82) is 0 Å². The summed E-state index contributed by atoms with van der Waals surface area (Å²) in [6, 6.07) is 0. The zero-order valence-electron chi connectivity index (χ0n) is 26.9. The van der Waals surface area contributed by atoms with E-state index < -0.39 is 36.3 Å². The summed E-state index contributed by atoms with van der Waals surface area (Å²) < 4.78 is 23.1. The molecule has 2 aliphatic rings. The lowest BCUT2D eigenvalue weighted by atomic mass is 9.81. The van der Waals surface area contributed by atoms with Gasteiger partial charge >= 0.3 is 5.69 Å². The first kappa shape index (κ1) is 38.7. The second-order valence-electron chi connectivity index (χ2n) is 11.6. The summed E-state index contributed by atoms with van der Waals surface area (Å²) in [4.78, 5) is 51.6. The first-order valence-electron chi connectivity index (χ1n) is 16.5. The van der Waals surface area contributed by atoms with Crippen LogP contribution in [0.3, 0.4) is 0 Å². The van der Waals surface area contributed by atoms with Crippen molar-refractivity contribution in [1.82, 2.24) is 20.2 Å². The predicted octanol–water partition coefficient (Wildman–Crippen LogP) is 0.417. The molecule has 1 saturated carbocycles. The van der Waals surface area contributed by atoms with Gasteiger partial charge in [0.1, 0.15) is 24.5 Å². The van der Waals surface area contributed by atoms with Crippen LogP contribution in [0.25, 0.3) is 0 Å². The van der Waals surface area contributed by atoms with Gasteiger partial charge in [-0.1, -0.05) is 24.7 Å². The fourth-order valence-electron chi connectivity index (χ4n) is 5.47. The van der Waals surface area contributed by atoms with Crippen LogP contribution in [0, 0.1) is 23.7 Å². The molecule has 0 bridgehead atoms. The normalized spacial score (nSPS) is 22.4. The number of nitrogens with one attached hydrogen (secondary N) is 3. The van der Waals surface area contributed by atoms with Crippen molar-refractivity contribution in [2.45, 2.75) is 76.2 Å². The van der Waals surface area contributed by atoms with Gasteiger partial charge in [0.15, 0.2) is 0 Å². The number of amides is 2. The number of hydrogen-bond donors (Lipinski definition) is 5. The predicted molar refractivity (Wildman–Crippen MR) is 173 cm³/mol. The van der Waals surface area contributed by atoms with Gasteiger partial charge in [-0.3, -0.25) is 23.9 Å². The van der Waals surface area contributed by atoms with Crippen LogP contribution in [0.4, 0.5) is 0 Å². The molecule has 264 valence electrons. The number of nitrogens with zero attached hydrogens (tertiary/aromatic N) is 1. The molecule has 14 nitrogen and oxygen atoms in total. The zero-order chi connectivity index (χ0) is 33.9. The maximum atomic E-state index is 12.6. The number of carbonyl (C=O) groups excluding carboxylic acids is 2. The number of hydrogen-bond acceptors (Lipinski definition) is 10. The molecule has 15 heteroatoms. The number of alkyl halides is 1. The van der Waals surface area contributed by atoms with Crippen molar-refractivity contribution >= 4 is 23.4 Å². The number of H-pyrrole nitrogens is 1. The fraction of sp³-hybridized carbons (Fsp3) is 0.750. The second kappa shape index (κ2) is 22.0. The van der Waals surface area contributed by atoms with Gasteiger partial charge in [-0.05, 0) is 38.5 Å². The first-order chi connectivity index (χ1) is 22.8. The number of aromatic amines is 1. The molecule has 1 aromatic rings. The van der Waals surface area contributed by atoms with Gasteiger partial charge in [0, 0.05) is 50.0 Å². The van der Waals surface area contributed by atoms with Gasteiger partial charge in [-0.2, -0.15) is 0 Å². The van der Waals surface area contributed by atoms with Crippen LogP contribution >= 0.6 is 11.6 Å². The molecule has 0 aromatic carbocycles. The number of aromatic nitrogens is 2. The van der Waals surface area contributed by atoms with Crippen LogP contribution in [-0.2, 0) is 28.5 Å². The van der Waals surface area contributed by atoms with Gasteiger partial charge < -0.3 is 39.8 Å². The average molecular weight is 685 g/mol. The standard InChI is InChI=1S/C32H49ClN4O10/c33-11-3-1-2-4-14-45-18-19-46-17-13-35-30(41)24-9-7-23(8-10-24)29(40)34-12-16-44-15-5-6-25-21-37(32(43)36-31(25)42)28-20-26(39)27(22-38)47-28/h21,23-24,26-28,38-39H,1-4,7-20,22H2,(H,34,40)(H,35,41)(H,36,42,43)/t23?,24?,26?,27-,28-/m1/s1. The van der Waals surface area contributed by atoms with E-state index in [4.69, 9.17) is 30.5 Å². The highest BCUT2D eigenvalue weighted by molar-refractivity contribution is 6.17. The van der Waals surface area contributed by atoms with E-state index in [2.05, 4.69) is 27.5 Å². The number of halogens is 1. The van der Waals surface area contributed by atoms with Crippen molar-refractivity contribution in [2.75, 3.05) is 65.2 Å². The first-order valence-corrected chi connectivity index (χ1v) is 17.0. The topological polar surface area (TPSA) is 190 Å². The van der Waals surface area contributed by atoms with Crippen molar-refractivity contribution < 1.29 is 38.7 Å². The Kier molecular flexibility index (Phi) is 18.1. The van der Waals surface area contributed by atoms with Crippen LogP contribution in [0.2, 0.25) is 0 Å². The Labute approximate surface area is 279 Å². The minimum atomic E-state index is -0.937. The molecule has 1 saturated heterocycles. The van der Waals surface area contributed by atoms with Crippen LogP contribution < -0.4 is 21.9 Å². The second-order valence-corrected chi connectivity index (χ2v) is 12.0. The minimum absolute atomic E-state index is 0.00283. The van der Waals surface area contributed by atoms with E-state index in [1.165, 1.54) is 6.20 Å². The Hall–Kier alpha value is -2.77. The van der Waals surface area contributed by atoms with Gasteiger partial charge in [0.05, 0.1) is 39.1 Å². The molecule has 5 N–H and O–H groups in total. The Morgan fingerprint density at radius 1 is 0.936 bits per heavy atom. The molecule has 1 unspecified atom stereocenters. The number of rotatable bonds is 20. The van der Waals surface area contributed by atoms with E-state index in [9.17, 15) is 29.4 Å². The Morgan fingerprint density at radius 2 is 1.55 bits per heavy atom. The Bertz CT molecular complexity index is 1270. The summed E-state index contributed by atoms with van der Waals surface area (Å²) in [5, 5.41) is 25.0. The van der Waals surface area contributed by atoms with Crippen molar-refractivity contribution in [3.63, 3.8) is 0 Å². The van der Waals surface area contributed by atoms with Gasteiger partial charge in [0.25, 0.3) is 5.56 Å².